The van der Waals surface area contributed by atoms with Crippen LogP contribution in [0.4, 0.5) is 0 Å². The number of benzene rings is 2. The molecule has 1 aromatic heterocycles. The number of nitrogens with zero attached hydrogens (tertiary/aromatic N) is 2. The standard InChI is InChI=1S/C17H19N3O/c1-3-18-12(2)17-20-19-16(21-17)11-13-8-9-14-6-4-5-7-15(14)10-13/h4-10,12,18H,3,11H2,1-2H3. The summed E-state index contributed by atoms with van der Waals surface area (Å²) >= 11 is 0. The van der Waals surface area contributed by atoms with Crippen molar-refractivity contribution in [3.05, 3.63) is 59.8 Å². The summed E-state index contributed by atoms with van der Waals surface area (Å²) < 4.78 is 5.73. The molecule has 3 aromatic rings. The Balaban J connectivity index is 1.78. The summed E-state index contributed by atoms with van der Waals surface area (Å²) in [6.45, 7) is 4.96. The van der Waals surface area contributed by atoms with Crippen LogP contribution in [0.5, 0.6) is 0 Å². The van der Waals surface area contributed by atoms with Gasteiger partial charge >= 0.3 is 0 Å². The Morgan fingerprint density at radius 2 is 1.90 bits per heavy atom. The molecule has 4 nitrogen and oxygen atoms in total. The van der Waals surface area contributed by atoms with E-state index in [1.54, 1.807) is 0 Å². The molecule has 0 amide bonds. The smallest absolute Gasteiger partial charge is 0.233 e. The van der Waals surface area contributed by atoms with E-state index in [2.05, 4.69) is 64.9 Å². The van der Waals surface area contributed by atoms with Crippen LogP contribution in [0.3, 0.4) is 0 Å². The Kier molecular flexibility index (Phi) is 3.97. The van der Waals surface area contributed by atoms with Gasteiger partial charge in [0.25, 0.3) is 0 Å². The van der Waals surface area contributed by atoms with E-state index in [0.717, 1.165) is 6.54 Å². The Hall–Kier alpha value is -2.20. The monoisotopic (exact) mass is 281 g/mol. The van der Waals surface area contributed by atoms with Gasteiger partial charge in [-0.25, -0.2) is 0 Å². The predicted octanol–water partition coefficient (Wildman–Crippen LogP) is 3.48. The second-order valence-corrected chi connectivity index (χ2v) is 5.17. The van der Waals surface area contributed by atoms with Gasteiger partial charge in [0, 0.05) is 0 Å². The fourth-order valence-corrected chi connectivity index (χ4v) is 2.43. The molecular formula is C17H19N3O. The van der Waals surface area contributed by atoms with Crippen LogP contribution in [-0.4, -0.2) is 16.7 Å². The highest BCUT2D eigenvalue weighted by molar-refractivity contribution is 5.83. The third-order valence-corrected chi connectivity index (χ3v) is 3.53. The first-order chi connectivity index (χ1) is 10.3. The minimum atomic E-state index is 0.0906. The zero-order valence-corrected chi connectivity index (χ0v) is 12.3. The van der Waals surface area contributed by atoms with Gasteiger partial charge in [-0.05, 0) is 29.8 Å². The van der Waals surface area contributed by atoms with Crippen LogP contribution in [0.1, 0.15) is 37.2 Å². The average Bonchev–Trinajstić information content (AvgIpc) is 2.96. The average molecular weight is 281 g/mol. The van der Waals surface area contributed by atoms with E-state index in [4.69, 9.17) is 4.42 Å². The summed E-state index contributed by atoms with van der Waals surface area (Å²) in [5, 5.41) is 14.0. The number of hydrogen-bond acceptors (Lipinski definition) is 4. The summed E-state index contributed by atoms with van der Waals surface area (Å²) in [4.78, 5) is 0. The first-order valence-electron chi connectivity index (χ1n) is 7.29. The van der Waals surface area contributed by atoms with Crippen molar-refractivity contribution in [3.63, 3.8) is 0 Å². The third-order valence-electron chi connectivity index (χ3n) is 3.53. The largest absolute Gasteiger partial charge is 0.423 e. The van der Waals surface area contributed by atoms with Crippen molar-refractivity contribution in [2.24, 2.45) is 0 Å². The topological polar surface area (TPSA) is 51.0 Å². The Bertz CT molecular complexity index is 735. The lowest BCUT2D eigenvalue weighted by Crippen LogP contribution is -2.17. The molecule has 1 heterocycles. The van der Waals surface area contributed by atoms with Crippen molar-refractivity contribution in [1.29, 1.82) is 0 Å². The molecule has 0 aliphatic heterocycles. The zero-order valence-electron chi connectivity index (χ0n) is 12.3. The SMILES string of the molecule is CCNC(C)c1nnc(Cc2ccc3ccccc3c2)o1. The predicted molar refractivity (Wildman–Crippen MR) is 83.1 cm³/mol. The minimum absolute atomic E-state index is 0.0906. The van der Waals surface area contributed by atoms with Crippen molar-refractivity contribution < 1.29 is 4.42 Å². The van der Waals surface area contributed by atoms with Crippen LogP contribution in [0, 0.1) is 0 Å². The first kappa shape index (κ1) is 13.8. The molecule has 0 aliphatic carbocycles. The number of hydrogen-bond donors (Lipinski definition) is 1. The Morgan fingerprint density at radius 3 is 2.71 bits per heavy atom. The summed E-state index contributed by atoms with van der Waals surface area (Å²) in [7, 11) is 0. The molecular weight excluding hydrogens is 262 g/mol. The molecule has 2 aromatic carbocycles. The Morgan fingerprint density at radius 1 is 1.10 bits per heavy atom. The van der Waals surface area contributed by atoms with Crippen LogP contribution in [0.2, 0.25) is 0 Å². The van der Waals surface area contributed by atoms with Gasteiger partial charge < -0.3 is 9.73 Å². The van der Waals surface area contributed by atoms with E-state index < -0.39 is 0 Å². The maximum absolute atomic E-state index is 5.73. The van der Waals surface area contributed by atoms with Gasteiger partial charge in [0.1, 0.15) is 0 Å². The van der Waals surface area contributed by atoms with Crippen molar-refractivity contribution >= 4 is 10.8 Å². The molecule has 0 bridgehead atoms. The van der Waals surface area contributed by atoms with Crippen molar-refractivity contribution in [3.8, 4) is 0 Å². The highest BCUT2D eigenvalue weighted by Gasteiger charge is 2.13. The molecule has 0 fully saturated rings. The lowest BCUT2D eigenvalue weighted by atomic mass is 10.1. The number of aromatic nitrogens is 2. The first-order valence-corrected chi connectivity index (χ1v) is 7.29. The van der Waals surface area contributed by atoms with Crippen LogP contribution in [0.15, 0.2) is 46.9 Å². The maximum atomic E-state index is 5.73. The van der Waals surface area contributed by atoms with Crippen LogP contribution in [0.25, 0.3) is 10.8 Å². The Labute approximate surface area is 124 Å². The minimum Gasteiger partial charge on any atom is -0.423 e. The summed E-state index contributed by atoms with van der Waals surface area (Å²) in [6, 6.07) is 14.8. The number of nitrogens with one attached hydrogen (secondary N) is 1. The number of fused-ring (bicyclic) bond motifs is 1. The van der Waals surface area contributed by atoms with Crippen molar-refractivity contribution in [2.45, 2.75) is 26.3 Å². The lowest BCUT2D eigenvalue weighted by Gasteiger charge is -2.05. The molecule has 1 atom stereocenters. The van der Waals surface area contributed by atoms with Gasteiger partial charge in [0.05, 0.1) is 12.5 Å². The second kappa shape index (κ2) is 6.06. The molecule has 0 spiro atoms. The quantitative estimate of drug-likeness (QED) is 0.778. The molecule has 0 saturated heterocycles. The molecule has 0 aliphatic rings. The molecule has 0 radical (unpaired) electrons. The van der Waals surface area contributed by atoms with Crippen LogP contribution < -0.4 is 5.32 Å². The molecule has 21 heavy (non-hydrogen) atoms. The normalized spacial score (nSPS) is 12.7. The van der Waals surface area contributed by atoms with E-state index >= 15 is 0 Å². The number of rotatable bonds is 5. The van der Waals surface area contributed by atoms with E-state index in [-0.39, 0.29) is 6.04 Å². The summed E-state index contributed by atoms with van der Waals surface area (Å²) in [5.41, 5.74) is 1.18. The molecule has 108 valence electrons. The lowest BCUT2D eigenvalue weighted by molar-refractivity contribution is 0.401. The van der Waals surface area contributed by atoms with Gasteiger partial charge in [-0.1, -0.05) is 49.4 Å². The van der Waals surface area contributed by atoms with Gasteiger partial charge in [0.2, 0.25) is 11.8 Å². The molecule has 3 rings (SSSR count). The van der Waals surface area contributed by atoms with Crippen LogP contribution in [-0.2, 0) is 6.42 Å². The van der Waals surface area contributed by atoms with Crippen molar-refractivity contribution in [1.82, 2.24) is 15.5 Å². The van der Waals surface area contributed by atoms with Gasteiger partial charge in [-0.2, -0.15) is 0 Å². The summed E-state index contributed by atoms with van der Waals surface area (Å²) in [5.74, 6) is 1.30. The fourth-order valence-electron chi connectivity index (χ4n) is 2.43. The van der Waals surface area contributed by atoms with Gasteiger partial charge in [-0.15, -0.1) is 10.2 Å². The highest BCUT2D eigenvalue weighted by Crippen LogP contribution is 2.18. The van der Waals surface area contributed by atoms with Gasteiger partial charge in [-0.3, -0.25) is 0 Å². The van der Waals surface area contributed by atoms with Gasteiger partial charge in [0.15, 0.2) is 0 Å². The molecule has 1 N–H and O–H groups in total. The second-order valence-electron chi connectivity index (χ2n) is 5.17. The third kappa shape index (κ3) is 3.11. The molecule has 0 saturated carbocycles. The van der Waals surface area contributed by atoms with E-state index in [0.29, 0.717) is 18.2 Å². The fraction of sp³-hybridized carbons (Fsp3) is 0.294. The molecule has 4 heteroatoms. The van der Waals surface area contributed by atoms with E-state index in [1.807, 2.05) is 6.92 Å². The zero-order chi connectivity index (χ0) is 14.7. The van der Waals surface area contributed by atoms with Crippen molar-refractivity contribution in [2.75, 3.05) is 6.54 Å². The van der Waals surface area contributed by atoms with Crippen LogP contribution >= 0.6 is 0 Å². The summed E-state index contributed by atoms with van der Waals surface area (Å²) in [6.07, 6.45) is 0.663. The maximum Gasteiger partial charge on any atom is 0.233 e. The highest BCUT2D eigenvalue weighted by atomic mass is 16.4. The van der Waals surface area contributed by atoms with E-state index in [9.17, 15) is 0 Å². The molecule has 1 unspecified atom stereocenters. The van der Waals surface area contributed by atoms with E-state index in [1.165, 1.54) is 16.3 Å².